The molecule has 0 aliphatic carbocycles. The molecule has 0 unspecified atom stereocenters. The van der Waals surface area contributed by atoms with Crippen LogP contribution in [0.4, 0.5) is 11.4 Å². The van der Waals surface area contributed by atoms with E-state index in [4.69, 9.17) is 9.47 Å². The Morgan fingerprint density at radius 3 is 2.65 bits per heavy atom. The summed E-state index contributed by atoms with van der Waals surface area (Å²) in [5.74, 6) is 0.850. The number of ether oxygens (including phenoxy) is 2. The molecule has 2 aromatic carbocycles. The van der Waals surface area contributed by atoms with Crippen LogP contribution >= 0.6 is 15.9 Å². The minimum Gasteiger partial charge on any atom is -0.871 e. The Morgan fingerprint density at radius 1 is 1.17 bits per heavy atom. The molecule has 1 heterocycles. The number of nitrogens with zero attached hydrogens (tertiary/aromatic N) is 2. The van der Waals surface area contributed by atoms with Gasteiger partial charge >= 0.3 is 0 Å². The molecule has 0 N–H and O–H groups in total. The van der Waals surface area contributed by atoms with Crippen LogP contribution in [0.5, 0.6) is 17.2 Å². The van der Waals surface area contributed by atoms with Crippen LogP contribution in [0.25, 0.3) is 0 Å². The summed E-state index contributed by atoms with van der Waals surface area (Å²) in [5.41, 5.74) is 0.498. The largest absolute Gasteiger partial charge is 0.871 e. The quantitative estimate of drug-likeness (QED) is 0.465. The molecular weight excluding hydrogens is 368 g/mol. The van der Waals surface area contributed by atoms with Gasteiger partial charge in [-0.25, -0.2) is 0 Å². The highest BCUT2D eigenvalue weighted by atomic mass is 79.9. The Labute approximate surface area is 139 Å². The van der Waals surface area contributed by atoms with Crippen molar-refractivity contribution in [3.8, 4) is 17.2 Å². The van der Waals surface area contributed by atoms with Crippen molar-refractivity contribution in [2.24, 2.45) is 4.99 Å². The summed E-state index contributed by atoms with van der Waals surface area (Å²) >= 11 is 3.03. The van der Waals surface area contributed by atoms with Gasteiger partial charge in [0.15, 0.2) is 11.5 Å². The third-order valence-electron chi connectivity index (χ3n) is 3.15. The summed E-state index contributed by atoms with van der Waals surface area (Å²) in [5, 5.41) is 22.9. The first-order valence-corrected chi connectivity index (χ1v) is 7.42. The van der Waals surface area contributed by atoms with Crippen LogP contribution in [-0.4, -0.2) is 24.4 Å². The highest BCUT2D eigenvalue weighted by Crippen LogP contribution is 2.34. The lowest BCUT2D eigenvalue weighted by atomic mass is 10.2. The van der Waals surface area contributed by atoms with Crippen LogP contribution in [0.3, 0.4) is 0 Å². The van der Waals surface area contributed by atoms with Gasteiger partial charge in [0, 0.05) is 28.9 Å². The summed E-state index contributed by atoms with van der Waals surface area (Å²) in [7, 11) is 0. The monoisotopic (exact) mass is 377 g/mol. The van der Waals surface area contributed by atoms with E-state index in [2.05, 4.69) is 20.9 Å². The van der Waals surface area contributed by atoms with Gasteiger partial charge < -0.3 is 14.6 Å². The van der Waals surface area contributed by atoms with E-state index < -0.39 is 4.92 Å². The standard InChI is InChI=1S/C15H11BrN2O5/c16-12-7-11(18(20)21)5-9(15(12)19)8-17-10-1-2-13-14(6-10)23-4-3-22-13/h1-2,5-8,19H,3-4H2/p-1. The number of nitro benzene ring substituents is 1. The molecule has 0 bridgehead atoms. The van der Waals surface area contributed by atoms with Crippen LogP contribution in [0.2, 0.25) is 0 Å². The zero-order valence-electron chi connectivity index (χ0n) is 11.7. The van der Waals surface area contributed by atoms with Gasteiger partial charge in [0.25, 0.3) is 5.69 Å². The zero-order chi connectivity index (χ0) is 16.4. The maximum absolute atomic E-state index is 12.0. The Bertz CT molecular complexity index is 807. The van der Waals surface area contributed by atoms with Gasteiger partial charge in [-0.2, -0.15) is 0 Å². The van der Waals surface area contributed by atoms with Crippen molar-refractivity contribution in [3.05, 3.63) is 50.5 Å². The maximum atomic E-state index is 12.0. The number of hydrogen-bond acceptors (Lipinski definition) is 6. The molecule has 0 amide bonds. The van der Waals surface area contributed by atoms with Crippen molar-refractivity contribution in [2.75, 3.05) is 13.2 Å². The van der Waals surface area contributed by atoms with E-state index in [1.54, 1.807) is 18.2 Å². The fraction of sp³-hybridized carbons (Fsp3) is 0.133. The topological polar surface area (TPSA) is 97.0 Å². The third-order valence-corrected chi connectivity index (χ3v) is 3.74. The van der Waals surface area contributed by atoms with Crippen molar-refractivity contribution in [1.82, 2.24) is 0 Å². The summed E-state index contributed by atoms with van der Waals surface area (Å²) < 4.78 is 11.0. The number of hydrogen-bond donors (Lipinski definition) is 0. The number of nitro groups is 1. The molecule has 118 valence electrons. The second-order valence-electron chi connectivity index (χ2n) is 4.69. The molecule has 1 aliphatic rings. The van der Waals surface area contributed by atoms with Crippen molar-refractivity contribution in [2.45, 2.75) is 0 Å². The lowest BCUT2D eigenvalue weighted by Gasteiger charge is -2.18. The minimum absolute atomic E-state index is 0.121. The summed E-state index contributed by atoms with van der Waals surface area (Å²) in [6, 6.07) is 7.48. The molecule has 0 radical (unpaired) electrons. The molecule has 0 aromatic heterocycles. The van der Waals surface area contributed by atoms with Gasteiger partial charge in [-0.1, -0.05) is 21.7 Å². The molecule has 0 atom stereocenters. The second-order valence-corrected chi connectivity index (χ2v) is 5.54. The number of aliphatic imine (C=N–C) groups is 1. The number of fused-ring (bicyclic) bond motifs is 1. The van der Waals surface area contributed by atoms with Gasteiger partial charge in [0.2, 0.25) is 0 Å². The minimum atomic E-state index is -0.564. The van der Waals surface area contributed by atoms with Crippen LogP contribution in [0, 0.1) is 10.1 Å². The van der Waals surface area contributed by atoms with Crippen LogP contribution in [0.1, 0.15) is 5.56 Å². The average molecular weight is 378 g/mol. The zero-order valence-corrected chi connectivity index (χ0v) is 13.3. The molecule has 0 spiro atoms. The normalized spacial score (nSPS) is 13.3. The molecule has 2 aromatic rings. The first kappa shape index (κ1) is 15.3. The maximum Gasteiger partial charge on any atom is 0.271 e. The summed E-state index contributed by atoms with van der Waals surface area (Å²) in [4.78, 5) is 14.5. The van der Waals surface area contributed by atoms with Crippen molar-refractivity contribution < 1.29 is 19.5 Å². The number of non-ortho nitro benzene ring substituents is 1. The fourth-order valence-electron chi connectivity index (χ4n) is 2.06. The first-order valence-electron chi connectivity index (χ1n) is 6.63. The number of halogens is 1. The van der Waals surface area contributed by atoms with E-state index in [9.17, 15) is 15.2 Å². The molecule has 7 nitrogen and oxygen atoms in total. The first-order chi connectivity index (χ1) is 11.0. The Morgan fingerprint density at radius 2 is 1.91 bits per heavy atom. The molecule has 1 aliphatic heterocycles. The van der Waals surface area contributed by atoms with E-state index >= 15 is 0 Å². The predicted octanol–water partition coefficient (Wildman–Crippen LogP) is 2.95. The van der Waals surface area contributed by atoms with Crippen molar-refractivity contribution in [1.29, 1.82) is 0 Å². The summed E-state index contributed by atoms with van der Waals surface area (Å²) in [6.45, 7) is 0.958. The van der Waals surface area contributed by atoms with E-state index in [-0.39, 0.29) is 21.5 Å². The molecule has 3 rings (SSSR count). The van der Waals surface area contributed by atoms with E-state index in [1.807, 2.05) is 0 Å². The smallest absolute Gasteiger partial charge is 0.271 e. The van der Waals surface area contributed by atoms with Crippen LogP contribution < -0.4 is 14.6 Å². The second kappa shape index (κ2) is 6.25. The van der Waals surface area contributed by atoms with Gasteiger partial charge in [0.1, 0.15) is 13.2 Å². The highest BCUT2D eigenvalue weighted by molar-refractivity contribution is 9.10. The van der Waals surface area contributed by atoms with Gasteiger partial charge in [0.05, 0.1) is 10.6 Å². The molecule has 23 heavy (non-hydrogen) atoms. The van der Waals surface area contributed by atoms with Crippen molar-refractivity contribution in [3.63, 3.8) is 0 Å². The van der Waals surface area contributed by atoms with Crippen LogP contribution in [-0.2, 0) is 0 Å². The van der Waals surface area contributed by atoms with Gasteiger partial charge in [-0.05, 0) is 17.7 Å². The Hall–Kier alpha value is -2.61. The third kappa shape index (κ3) is 3.26. The average Bonchev–Trinajstić information content (AvgIpc) is 2.55. The Balaban J connectivity index is 1.92. The van der Waals surface area contributed by atoms with Gasteiger partial charge in [-0.15, -0.1) is 0 Å². The molecular formula is C15H10BrN2O5-. The number of benzene rings is 2. The lowest BCUT2D eigenvalue weighted by Crippen LogP contribution is -2.14. The van der Waals surface area contributed by atoms with Crippen molar-refractivity contribution >= 4 is 33.5 Å². The highest BCUT2D eigenvalue weighted by Gasteiger charge is 2.12. The SMILES string of the molecule is O=[N+]([O-])c1cc(Br)c([O-])c(C=Nc2ccc3c(c2)OCCO3)c1. The molecule has 0 saturated heterocycles. The number of rotatable bonds is 3. The summed E-state index contributed by atoms with van der Waals surface area (Å²) in [6.07, 6.45) is 1.30. The predicted molar refractivity (Wildman–Crippen MR) is 84.9 cm³/mol. The van der Waals surface area contributed by atoms with Crippen LogP contribution in [0.15, 0.2) is 39.8 Å². The van der Waals surface area contributed by atoms with E-state index in [0.29, 0.717) is 30.4 Å². The molecule has 0 fully saturated rings. The molecule has 8 heteroatoms. The lowest BCUT2D eigenvalue weighted by molar-refractivity contribution is -0.385. The fourth-order valence-corrected chi connectivity index (χ4v) is 2.52. The Kier molecular flexibility index (Phi) is 4.16. The van der Waals surface area contributed by atoms with Gasteiger partial charge in [-0.3, -0.25) is 15.1 Å². The van der Waals surface area contributed by atoms with E-state index in [1.165, 1.54) is 18.3 Å². The van der Waals surface area contributed by atoms with E-state index in [0.717, 1.165) is 0 Å². The molecule has 0 saturated carbocycles.